The summed E-state index contributed by atoms with van der Waals surface area (Å²) in [6.45, 7) is 3.94. The Morgan fingerprint density at radius 3 is 2.88 bits per heavy atom. The molecule has 2 heterocycles. The van der Waals surface area contributed by atoms with Crippen molar-refractivity contribution >= 4 is 17.6 Å². The molecule has 24 heavy (non-hydrogen) atoms. The summed E-state index contributed by atoms with van der Waals surface area (Å²) in [6, 6.07) is 11.8. The number of nitriles is 1. The van der Waals surface area contributed by atoms with Crippen LogP contribution in [0.3, 0.4) is 0 Å². The topological polar surface area (TPSA) is 72.6 Å². The van der Waals surface area contributed by atoms with E-state index < -0.39 is 0 Å². The van der Waals surface area contributed by atoms with Crippen LogP contribution >= 0.6 is 11.8 Å². The van der Waals surface area contributed by atoms with Crippen molar-refractivity contribution in [1.82, 2.24) is 10.3 Å². The van der Waals surface area contributed by atoms with Crippen molar-refractivity contribution in [3.8, 4) is 17.3 Å². The zero-order valence-corrected chi connectivity index (χ0v) is 14.2. The molecule has 2 N–H and O–H groups in total. The van der Waals surface area contributed by atoms with Gasteiger partial charge in [-0.2, -0.15) is 5.26 Å². The number of hydrogen-bond donors (Lipinski definition) is 2. The van der Waals surface area contributed by atoms with Crippen molar-refractivity contribution in [2.45, 2.75) is 24.6 Å². The molecule has 1 unspecified atom stereocenters. The molecular weight excluding hydrogens is 323 g/mol. The van der Waals surface area contributed by atoms with Gasteiger partial charge in [-0.05, 0) is 38.1 Å². The number of benzene rings is 1. The summed E-state index contributed by atoms with van der Waals surface area (Å²) in [5.41, 5.74) is 2.23. The Bertz CT molecular complexity index is 841. The van der Waals surface area contributed by atoms with Crippen molar-refractivity contribution in [2.75, 3.05) is 5.75 Å². The molecule has 0 aliphatic carbocycles. The van der Waals surface area contributed by atoms with Crippen LogP contribution in [0.15, 0.2) is 36.4 Å². The first kappa shape index (κ1) is 16.5. The molecule has 0 bridgehead atoms. The van der Waals surface area contributed by atoms with Gasteiger partial charge in [0, 0.05) is 11.3 Å². The van der Waals surface area contributed by atoms with Gasteiger partial charge in [0.2, 0.25) is 0 Å². The van der Waals surface area contributed by atoms with Gasteiger partial charge < -0.3 is 5.32 Å². The van der Waals surface area contributed by atoms with Gasteiger partial charge in [-0.25, -0.2) is 9.37 Å². The van der Waals surface area contributed by atoms with E-state index >= 15 is 0 Å². The first-order valence-electron chi connectivity index (χ1n) is 7.57. The maximum atomic E-state index is 14.3. The Morgan fingerprint density at radius 2 is 2.17 bits per heavy atom. The second-order valence-electron chi connectivity index (χ2n) is 6.15. The summed E-state index contributed by atoms with van der Waals surface area (Å²) in [7, 11) is 0. The van der Waals surface area contributed by atoms with Crippen molar-refractivity contribution in [3.63, 3.8) is 0 Å². The normalized spacial score (nSPS) is 19.4. The summed E-state index contributed by atoms with van der Waals surface area (Å²) >= 11 is 1.61. The zero-order valence-electron chi connectivity index (χ0n) is 13.4. The minimum Gasteiger partial charge on any atom is -0.364 e. The van der Waals surface area contributed by atoms with E-state index in [-0.39, 0.29) is 16.6 Å². The first-order valence-corrected chi connectivity index (χ1v) is 8.56. The predicted octanol–water partition coefficient (Wildman–Crippen LogP) is 3.89. The quantitative estimate of drug-likeness (QED) is 0.870. The van der Waals surface area contributed by atoms with Crippen LogP contribution in [0.5, 0.6) is 0 Å². The van der Waals surface area contributed by atoms with E-state index in [0.29, 0.717) is 28.5 Å². The molecular formula is C18H17FN4S. The Labute approximate surface area is 144 Å². The number of nitrogens with one attached hydrogen (secondary N) is 2. The number of hydrogen-bond acceptors (Lipinski definition) is 4. The maximum absolute atomic E-state index is 14.3. The Morgan fingerprint density at radius 1 is 1.38 bits per heavy atom. The SMILES string of the molecule is CC1(C)SCC(c2nc(-c3cccc(C#N)c3)ccc2F)NC1=N. The lowest BCUT2D eigenvalue weighted by Crippen LogP contribution is -2.47. The molecule has 2 aromatic rings. The number of rotatable bonds is 2. The van der Waals surface area contributed by atoms with Gasteiger partial charge in [0.1, 0.15) is 11.7 Å². The van der Waals surface area contributed by atoms with E-state index in [1.54, 1.807) is 36.0 Å². The van der Waals surface area contributed by atoms with Crippen LogP contribution in [0.4, 0.5) is 4.39 Å². The Balaban J connectivity index is 1.95. The minimum absolute atomic E-state index is 0.300. The predicted molar refractivity (Wildman–Crippen MR) is 94.5 cm³/mol. The molecule has 4 nitrogen and oxygen atoms in total. The molecule has 1 saturated heterocycles. The molecule has 0 amide bonds. The number of halogens is 1. The largest absolute Gasteiger partial charge is 0.364 e. The van der Waals surface area contributed by atoms with Gasteiger partial charge in [0.25, 0.3) is 0 Å². The van der Waals surface area contributed by atoms with Crippen LogP contribution in [0.2, 0.25) is 0 Å². The van der Waals surface area contributed by atoms with Crippen LogP contribution in [0, 0.1) is 22.6 Å². The van der Waals surface area contributed by atoms with E-state index in [4.69, 9.17) is 10.7 Å². The second-order valence-corrected chi connectivity index (χ2v) is 7.79. The van der Waals surface area contributed by atoms with Gasteiger partial charge in [0.15, 0.2) is 0 Å². The number of amidine groups is 1. The molecule has 1 fully saturated rings. The molecule has 122 valence electrons. The van der Waals surface area contributed by atoms with Crippen molar-refractivity contribution in [3.05, 3.63) is 53.5 Å². The van der Waals surface area contributed by atoms with Gasteiger partial charge in [-0.1, -0.05) is 12.1 Å². The molecule has 1 atom stereocenters. The fraction of sp³-hybridized carbons (Fsp3) is 0.278. The number of thioether (sulfide) groups is 1. The van der Waals surface area contributed by atoms with Gasteiger partial charge >= 0.3 is 0 Å². The summed E-state index contributed by atoms with van der Waals surface area (Å²) < 4.78 is 14.0. The maximum Gasteiger partial charge on any atom is 0.146 e. The van der Waals surface area contributed by atoms with Gasteiger partial charge in [-0.15, -0.1) is 11.8 Å². The molecule has 0 saturated carbocycles. The molecule has 6 heteroatoms. The smallest absolute Gasteiger partial charge is 0.146 e. The summed E-state index contributed by atoms with van der Waals surface area (Å²) in [5.74, 6) is 0.628. The third-order valence-electron chi connectivity index (χ3n) is 4.02. The van der Waals surface area contributed by atoms with E-state index in [9.17, 15) is 4.39 Å². The van der Waals surface area contributed by atoms with E-state index in [1.165, 1.54) is 6.07 Å². The van der Waals surface area contributed by atoms with Crippen LogP contribution in [0.1, 0.15) is 31.1 Å². The lowest BCUT2D eigenvalue weighted by Gasteiger charge is -2.36. The van der Waals surface area contributed by atoms with Crippen molar-refractivity contribution in [2.24, 2.45) is 0 Å². The van der Waals surface area contributed by atoms with Crippen molar-refractivity contribution in [1.29, 1.82) is 10.7 Å². The number of pyridine rings is 1. The lowest BCUT2D eigenvalue weighted by atomic mass is 10.1. The number of aromatic nitrogens is 1. The molecule has 0 spiro atoms. The molecule has 3 rings (SSSR count). The summed E-state index contributed by atoms with van der Waals surface area (Å²) in [4.78, 5) is 4.47. The molecule has 1 aromatic heterocycles. The van der Waals surface area contributed by atoms with Gasteiger partial charge in [0.05, 0.1) is 33.8 Å². The lowest BCUT2D eigenvalue weighted by molar-refractivity contribution is 0.556. The molecule has 0 radical (unpaired) electrons. The third-order valence-corrected chi connectivity index (χ3v) is 5.45. The van der Waals surface area contributed by atoms with Gasteiger partial charge in [-0.3, -0.25) is 5.41 Å². The average Bonchev–Trinajstić information content (AvgIpc) is 2.58. The van der Waals surface area contributed by atoms with E-state index in [1.807, 2.05) is 19.9 Å². The standard InChI is InChI=1S/C18H17FN4S/c1-18(2)17(21)23-15(10-24-18)16-13(19)6-7-14(22-16)12-5-3-4-11(8-12)9-20/h3-8,15H,10H2,1-2H3,(H2,21,23). The Hall–Kier alpha value is -2.39. The Kier molecular flexibility index (Phi) is 4.29. The van der Waals surface area contributed by atoms with E-state index in [0.717, 1.165) is 5.56 Å². The zero-order chi connectivity index (χ0) is 17.3. The third kappa shape index (κ3) is 3.13. The van der Waals surface area contributed by atoms with Crippen LogP contribution in [0.25, 0.3) is 11.3 Å². The summed E-state index contributed by atoms with van der Waals surface area (Å²) in [6.07, 6.45) is 0. The van der Waals surface area contributed by atoms with Crippen LogP contribution < -0.4 is 5.32 Å². The minimum atomic E-state index is -0.388. The highest BCUT2D eigenvalue weighted by atomic mass is 32.2. The highest BCUT2D eigenvalue weighted by Gasteiger charge is 2.34. The highest BCUT2D eigenvalue weighted by molar-refractivity contribution is 8.01. The van der Waals surface area contributed by atoms with Crippen LogP contribution in [-0.2, 0) is 0 Å². The highest BCUT2D eigenvalue weighted by Crippen LogP contribution is 2.35. The average molecular weight is 340 g/mol. The summed E-state index contributed by atoms with van der Waals surface area (Å²) in [5, 5.41) is 20.2. The number of nitrogens with zero attached hydrogens (tertiary/aromatic N) is 2. The fourth-order valence-corrected chi connectivity index (χ4v) is 3.54. The molecule has 1 aliphatic heterocycles. The van der Waals surface area contributed by atoms with Crippen LogP contribution in [-0.4, -0.2) is 21.3 Å². The first-order chi connectivity index (χ1) is 11.4. The molecule has 1 aliphatic rings. The van der Waals surface area contributed by atoms with E-state index in [2.05, 4.69) is 16.4 Å². The fourth-order valence-electron chi connectivity index (χ4n) is 2.51. The second kappa shape index (κ2) is 6.25. The van der Waals surface area contributed by atoms with Crippen molar-refractivity contribution < 1.29 is 4.39 Å². The molecule has 1 aromatic carbocycles. The monoisotopic (exact) mass is 340 g/mol.